The van der Waals surface area contributed by atoms with Crippen molar-refractivity contribution in [3.63, 3.8) is 0 Å². The molecule has 0 radical (unpaired) electrons. The monoisotopic (exact) mass is 235 g/mol. The highest BCUT2D eigenvalue weighted by molar-refractivity contribution is 5.32. The van der Waals surface area contributed by atoms with Crippen LogP contribution in [0.2, 0.25) is 0 Å². The van der Waals surface area contributed by atoms with E-state index in [1.807, 2.05) is 19.2 Å². The summed E-state index contributed by atoms with van der Waals surface area (Å²) in [6, 6.07) is 1.97. The lowest BCUT2D eigenvalue weighted by atomic mass is 9.94. The molecule has 1 saturated heterocycles. The largest absolute Gasteiger partial charge is 0.390 e. The quantitative estimate of drug-likeness (QED) is 0.851. The molecule has 1 aromatic heterocycles. The smallest absolute Gasteiger partial charge is 0.225 e. The number of nitrogens with zero attached hydrogens (tertiary/aromatic N) is 3. The predicted molar refractivity (Wildman–Crippen MR) is 68.2 cm³/mol. The van der Waals surface area contributed by atoms with Crippen molar-refractivity contribution < 1.29 is 5.11 Å². The first kappa shape index (κ1) is 12.3. The maximum Gasteiger partial charge on any atom is 0.225 e. The summed E-state index contributed by atoms with van der Waals surface area (Å²) >= 11 is 0. The number of aliphatic hydroxyl groups is 1. The molecule has 0 atom stereocenters. The Morgan fingerprint density at radius 3 is 2.59 bits per heavy atom. The summed E-state index contributed by atoms with van der Waals surface area (Å²) in [5.74, 6) is 1.22. The van der Waals surface area contributed by atoms with Gasteiger partial charge >= 0.3 is 0 Å². The van der Waals surface area contributed by atoms with Gasteiger partial charge in [-0.25, -0.2) is 9.97 Å². The Kier molecular flexibility index (Phi) is 3.33. The van der Waals surface area contributed by atoms with E-state index >= 15 is 0 Å². The molecule has 1 aliphatic heterocycles. The SMILES string of the molecule is CC(C)c1ccnc(N2CCC(C)(O)CC2)n1. The third kappa shape index (κ3) is 2.94. The van der Waals surface area contributed by atoms with Crippen LogP contribution in [-0.2, 0) is 0 Å². The van der Waals surface area contributed by atoms with Gasteiger partial charge in [-0.1, -0.05) is 13.8 Å². The second-order valence-corrected chi connectivity index (χ2v) is 5.42. The van der Waals surface area contributed by atoms with Crippen LogP contribution in [0.25, 0.3) is 0 Å². The van der Waals surface area contributed by atoms with E-state index in [0.29, 0.717) is 5.92 Å². The molecule has 0 bridgehead atoms. The standard InChI is InChI=1S/C13H21N3O/c1-10(2)11-4-7-14-12(15-11)16-8-5-13(3,17)6-9-16/h4,7,10,17H,5-6,8-9H2,1-3H3. The molecular weight excluding hydrogens is 214 g/mol. The molecule has 4 heteroatoms. The van der Waals surface area contributed by atoms with Crippen LogP contribution in [0, 0.1) is 0 Å². The molecule has 94 valence electrons. The highest BCUT2D eigenvalue weighted by atomic mass is 16.3. The lowest BCUT2D eigenvalue weighted by Gasteiger charge is -2.35. The summed E-state index contributed by atoms with van der Waals surface area (Å²) in [5.41, 5.74) is 0.555. The van der Waals surface area contributed by atoms with E-state index in [-0.39, 0.29) is 0 Å². The average Bonchev–Trinajstić information content (AvgIpc) is 2.29. The van der Waals surface area contributed by atoms with Gasteiger partial charge in [0.05, 0.1) is 5.60 Å². The average molecular weight is 235 g/mol. The zero-order valence-corrected chi connectivity index (χ0v) is 10.8. The van der Waals surface area contributed by atoms with E-state index < -0.39 is 5.60 Å². The molecular formula is C13H21N3O. The summed E-state index contributed by atoms with van der Waals surface area (Å²) in [4.78, 5) is 11.1. The van der Waals surface area contributed by atoms with Gasteiger partial charge in [0.25, 0.3) is 0 Å². The van der Waals surface area contributed by atoms with Gasteiger partial charge in [0.15, 0.2) is 0 Å². The topological polar surface area (TPSA) is 49.2 Å². The lowest BCUT2D eigenvalue weighted by molar-refractivity contribution is 0.0349. The van der Waals surface area contributed by atoms with Gasteiger partial charge in [-0.3, -0.25) is 0 Å². The van der Waals surface area contributed by atoms with Crippen LogP contribution in [-0.4, -0.2) is 33.8 Å². The molecule has 1 aliphatic rings. The summed E-state index contributed by atoms with van der Waals surface area (Å²) in [7, 11) is 0. The summed E-state index contributed by atoms with van der Waals surface area (Å²) in [6.45, 7) is 7.82. The molecule has 2 rings (SSSR count). The van der Waals surface area contributed by atoms with Crippen LogP contribution in [0.5, 0.6) is 0 Å². The molecule has 17 heavy (non-hydrogen) atoms. The molecule has 4 nitrogen and oxygen atoms in total. The zero-order chi connectivity index (χ0) is 12.5. The third-order valence-electron chi connectivity index (χ3n) is 3.38. The van der Waals surface area contributed by atoms with Crippen molar-refractivity contribution in [3.8, 4) is 0 Å². The molecule has 1 N–H and O–H groups in total. The van der Waals surface area contributed by atoms with Crippen molar-refractivity contribution in [1.29, 1.82) is 0 Å². The molecule has 0 aliphatic carbocycles. The van der Waals surface area contributed by atoms with E-state index in [0.717, 1.165) is 37.6 Å². The summed E-state index contributed by atoms with van der Waals surface area (Å²) in [5, 5.41) is 9.91. The van der Waals surface area contributed by atoms with Crippen molar-refractivity contribution in [2.45, 2.75) is 45.1 Å². The van der Waals surface area contributed by atoms with Crippen LogP contribution in [0.15, 0.2) is 12.3 Å². The second-order valence-electron chi connectivity index (χ2n) is 5.42. The van der Waals surface area contributed by atoms with Gasteiger partial charge in [0.1, 0.15) is 0 Å². The van der Waals surface area contributed by atoms with Crippen molar-refractivity contribution in [2.75, 3.05) is 18.0 Å². The van der Waals surface area contributed by atoms with E-state index in [4.69, 9.17) is 0 Å². The minimum atomic E-state index is -0.522. The van der Waals surface area contributed by atoms with Gasteiger partial charge in [-0.05, 0) is 31.7 Å². The Hall–Kier alpha value is -1.16. The van der Waals surface area contributed by atoms with Gasteiger partial charge in [0, 0.05) is 25.0 Å². The van der Waals surface area contributed by atoms with E-state index in [1.54, 1.807) is 0 Å². The Labute approximate surface area is 103 Å². The van der Waals surface area contributed by atoms with Crippen LogP contribution >= 0.6 is 0 Å². The van der Waals surface area contributed by atoms with Gasteiger partial charge in [-0.15, -0.1) is 0 Å². The highest BCUT2D eigenvalue weighted by Gasteiger charge is 2.28. The fraction of sp³-hybridized carbons (Fsp3) is 0.692. The number of hydrogen-bond acceptors (Lipinski definition) is 4. The number of piperidine rings is 1. The number of aromatic nitrogens is 2. The minimum absolute atomic E-state index is 0.421. The van der Waals surface area contributed by atoms with Gasteiger partial charge < -0.3 is 10.0 Å². The number of anilines is 1. The molecule has 1 fully saturated rings. The highest BCUT2D eigenvalue weighted by Crippen LogP contribution is 2.24. The van der Waals surface area contributed by atoms with Crippen LogP contribution in [0.1, 0.15) is 45.2 Å². The fourth-order valence-electron chi connectivity index (χ4n) is 2.02. The van der Waals surface area contributed by atoms with Crippen LogP contribution in [0.3, 0.4) is 0 Å². The number of hydrogen-bond donors (Lipinski definition) is 1. The predicted octanol–water partition coefficient (Wildman–Crippen LogP) is 1.95. The third-order valence-corrected chi connectivity index (χ3v) is 3.38. The van der Waals surface area contributed by atoms with E-state index in [9.17, 15) is 5.11 Å². The normalized spacial score (nSPS) is 19.7. The Morgan fingerprint density at radius 2 is 2.00 bits per heavy atom. The first-order valence-electron chi connectivity index (χ1n) is 6.28. The molecule has 0 spiro atoms. The van der Waals surface area contributed by atoms with Crippen molar-refractivity contribution in [3.05, 3.63) is 18.0 Å². The maximum absolute atomic E-state index is 9.91. The Bertz CT molecular complexity index is 380. The lowest BCUT2D eigenvalue weighted by Crippen LogP contribution is -2.43. The molecule has 0 unspecified atom stereocenters. The van der Waals surface area contributed by atoms with E-state index in [1.165, 1.54) is 0 Å². The molecule has 2 heterocycles. The summed E-state index contributed by atoms with van der Waals surface area (Å²) < 4.78 is 0. The molecule has 1 aromatic rings. The van der Waals surface area contributed by atoms with Gasteiger partial charge in [-0.2, -0.15) is 0 Å². The Balaban J connectivity index is 2.10. The molecule has 0 aromatic carbocycles. The van der Waals surface area contributed by atoms with Crippen LogP contribution < -0.4 is 4.90 Å². The molecule has 0 saturated carbocycles. The minimum Gasteiger partial charge on any atom is -0.390 e. The zero-order valence-electron chi connectivity index (χ0n) is 10.8. The fourth-order valence-corrected chi connectivity index (χ4v) is 2.02. The van der Waals surface area contributed by atoms with Crippen molar-refractivity contribution in [1.82, 2.24) is 9.97 Å². The van der Waals surface area contributed by atoms with E-state index in [2.05, 4.69) is 28.7 Å². The first-order valence-corrected chi connectivity index (χ1v) is 6.28. The van der Waals surface area contributed by atoms with Crippen molar-refractivity contribution in [2.24, 2.45) is 0 Å². The second kappa shape index (κ2) is 4.61. The number of rotatable bonds is 2. The van der Waals surface area contributed by atoms with Gasteiger partial charge in [0.2, 0.25) is 5.95 Å². The summed E-state index contributed by atoms with van der Waals surface area (Å²) in [6.07, 6.45) is 3.38. The maximum atomic E-state index is 9.91. The van der Waals surface area contributed by atoms with Crippen molar-refractivity contribution >= 4 is 5.95 Å². The first-order chi connectivity index (χ1) is 7.98. The molecule has 0 amide bonds. The Morgan fingerprint density at radius 1 is 1.35 bits per heavy atom. The van der Waals surface area contributed by atoms with Crippen LogP contribution in [0.4, 0.5) is 5.95 Å².